The van der Waals surface area contributed by atoms with E-state index in [9.17, 15) is 27.6 Å². The molecule has 1 atom stereocenters. The molecule has 2 rings (SSSR count). The number of amides is 2. The summed E-state index contributed by atoms with van der Waals surface area (Å²) in [6.07, 6.45) is 0.982. The van der Waals surface area contributed by atoms with Crippen LogP contribution in [0.3, 0.4) is 0 Å². The van der Waals surface area contributed by atoms with Crippen LogP contribution in [0, 0.1) is 5.41 Å². The Kier molecular flexibility index (Phi) is 10.3. The maximum atomic E-state index is 12.6. The molecule has 1 aromatic rings. The van der Waals surface area contributed by atoms with Crippen molar-refractivity contribution >= 4 is 45.3 Å². The highest BCUT2D eigenvalue weighted by Gasteiger charge is 2.29. The van der Waals surface area contributed by atoms with E-state index in [0.717, 1.165) is 12.6 Å². The number of ether oxygens (including phenoxy) is 1. The van der Waals surface area contributed by atoms with Crippen molar-refractivity contribution in [3.63, 3.8) is 0 Å². The first-order chi connectivity index (χ1) is 16.9. The molecule has 198 valence electrons. The largest absolute Gasteiger partial charge is 0.392 e. The van der Waals surface area contributed by atoms with E-state index in [0.29, 0.717) is 24.9 Å². The van der Waals surface area contributed by atoms with Crippen LogP contribution < -0.4 is 20.7 Å². The quantitative estimate of drug-likeness (QED) is 0.114. The highest BCUT2D eigenvalue weighted by molar-refractivity contribution is 7.89. The minimum Gasteiger partial charge on any atom is -0.392 e. The molecule has 1 aliphatic heterocycles. The van der Waals surface area contributed by atoms with Gasteiger partial charge in [-0.1, -0.05) is 13.3 Å². The van der Waals surface area contributed by atoms with Crippen LogP contribution in [-0.4, -0.2) is 87.4 Å². The number of nitrogen functional groups attached to an aromatic ring is 1. The number of esters is 2. The Balaban J connectivity index is 1.93. The molecule has 1 aromatic carbocycles. The second-order valence-electron chi connectivity index (χ2n) is 8.26. The van der Waals surface area contributed by atoms with E-state index >= 15 is 0 Å². The lowest BCUT2D eigenvalue weighted by molar-refractivity contribution is -0.159. The number of carbonyl (C=O) groups is 4. The maximum Gasteiger partial charge on any atom is 0.333 e. The molecule has 13 nitrogen and oxygen atoms in total. The summed E-state index contributed by atoms with van der Waals surface area (Å²) in [6, 6.07) is 5.39. The summed E-state index contributed by atoms with van der Waals surface area (Å²) in [5, 5.41) is 9.87. The zero-order valence-electron chi connectivity index (χ0n) is 20.3. The number of carbonyl (C=O) groups excluding carboxylic acids is 4. The van der Waals surface area contributed by atoms with Crippen LogP contribution >= 0.6 is 0 Å². The van der Waals surface area contributed by atoms with Gasteiger partial charge in [0, 0.05) is 37.8 Å². The smallest absolute Gasteiger partial charge is 0.333 e. The Bertz CT molecular complexity index is 1090. The van der Waals surface area contributed by atoms with E-state index in [4.69, 9.17) is 11.1 Å². The number of unbranched alkanes of at least 4 members (excludes halogenated alkanes) is 1. The van der Waals surface area contributed by atoms with E-state index in [2.05, 4.69) is 14.8 Å². The average Bonchev–Trinajstić information content (AvgIpc) is 2.81. The van der Waals surface area contributed by atoms with Crippen LogP contribution in [0.4, 0.5) is 5.69 Å². The monoisotopic (exact) mass is 524 g/mol. The normalized spacial score (nSPS) is 14.8. The van der Waals surface area contributed by atoms with Gasteiger partial charge in [0.25, 0.3) is 0 Å². The first kappa shape index (κ1) is 28.7. The minimum atomic E-state index is -3.85. The second-order valence-corrected chi connectivity index (χ2v) is 10.1. The molecule has 14 heteroatoms. The topological polar surface area (TPSA) is 192 Å². The van der Waals surface area contributed by atoms with E-state index < -0.39 is 40.5 Å². The fraction of sp³-hybridized carbons (Fsp3) is 0.500. The molecule has 0 radical (unpaired) electrons. The van der Waals surface area contributed by atoms with Crippen molar-refractivity contribution < 1.29 is 32.3 Å². The number of amidine groups is 1. The average molecular weight is 525 g/mol. The number of benzene rings is 1. The maximum absolute atomic E-state index is 12.6. The zero-order valence-corrected chi connectivity index (χ0v) is 21.1. The second kappa shape index (κ2) is 13.0. The van der Waals surface area contributed by atoms with Crippen LogP contribution in [0.1, 0.15) is 32.3 Å². The van der Waals surface area contributed by atoms with Gasteiger partial charge < -0.3 is 25.6 Å². The molecule has 36 heavy (non-hydrogen) atoms. The Morgan fingerprint density at radius 3 is 2.42 bits per heavy atom. The number of sulfonamides is 1. The molecule has 0 unspecified atom stereocenters. The summed E-state index contributed by atoms with van der Waals surface area (Å²) in [7, 11) is -3.85. The summed E-state index contributed by atoms with van der Waals surface area (Å²) in [6.45, 7) is 2.84. The van der Waals surface area contributed by atoms with Gasteiger partial charge in [-0.05, 0) is 30.7 Å². The lowest BCUT2D eigenvalue weighted by atomic mass is 10.1. The molecule has 1 saturated heterocycles. The lowest BCUT2D eigenvalue weighted by Crippen LogP contribution is -2.55. The SMILES string of the molecule is CCCCS(=O)(=O)N[C@@H](CNC(=O)CN1CCN(c2ccc(C(=N)N)cc2)CC1=O)C(=O)OC(C)=O. The van der Waals surface area contributed by atoms with Crippen molar-refractivity contribution in [2.24, 2.45) is 5.73 Å². The summed E-state index contributed by atoms with van der Waals surface area (Å²) >= 11 is 0. The standard InChI is InChI=1S/C22H32N6O7S/c1-3-4-11-36(33,34)26-18(22(32)35-15(2)29)12-25-19(30)13-28-10-9-27(14-20(28)31)17-7-5-16(6-8-17)21(23)24/h5-8,18,26H,3-4,9-14H2,1-2H3,(H3,23,24)(H,25,30)/t18-/m0/s1. The molecule has 0 aliphatic carbocycles. The van der Waals surface area contributed by atoms with Crippen LogP contribution in [-0.2, 0) is 33.9 Å². The van der Waals surface area contributed by atoms with Crippen molar-refractivity contribution in [2.45, 2.75) is 32.7 Å². The number of nitrogens with two attached hydrogens (primary N) is 1. The van der Waals surface area contributed by atoms with Gasteiger partial charge in [0.1, 0.15) is 11.9 Å². The Hall–Kier alpha value is -3.52. The summed E-state index contributed by atoms with van der Waals surface area (Å²) in [4.78, 5) is 51.5. The fourth-order valence-electron chi connectivity index (χ4n) is 3.39. The summed E-state index contributed by atoms with van der Waals surface area (Å²) in [5.74, 6) is -3.22. The molecule has 1 fully saturated rings. The first-order valence-corrected chi connectivity index (χ1v) is 13.0. The van der Waals surface area contributed by atoms with Crippen LogP contribution in [0.5, 0.6) is 0 Å². The number of rotatable bonds is 12. The van der Waals surface area contributed by atoms with E-state index in [1.54, 1.807) is 24.3 Å². The Labute approximate surface area is 209 Å². The number of anilines is 1. The van der Waals surface area contributed by atoms with Crippen molar-refractivity contribution in [1.29, 1.82) is 5.41 Å². The van der Waals surface area contributed by atoms with Gasteiger partial charge >= 0.3 is 11.9 Å². The molecule has 1 aliphatic rings. The number of piperazine rings is 1. The highest BCUT2D eigenvalue weighted by atomic mass is 32.2. The van der Waals surface area contributed by atoms with Crippen molar-refractivity contribution in [1.82, 2.24) is 14.9 Å². The number of nitrogens with one attached hydrogen (secondary N) is 3. The van der Waals surface area contributed by atoms with E-state index in [-0.39, 0.29) is 37.1 Å². The third-order valence-corrected chi connectivity index (χ3v) is 6.79. The van der Waals surface area contributed by atoms with Gasteiger partial charge in [-0.2, -0.15) is 4.72 Å². The molecular formula is C22H32N6O7S. The molecule has 0 bridgehead atoms. The highest BCUT2D eigenvalue weighted by Crippen LogP contribution is 2.17. The molecule has 1 heterocycles. The Morgan fingerprint density at radius 2 is 1.86 bits per heavy atom. The number of hydrogen-bond acceptors (Lipinski definition) is 9. The molecule has 0 saturated carbocycles. The van der Waals surface area contributed by atoms with Crippen LogP contribution in [0.2, 0.25) is 0 Å². The fourth-order valence-corrected chi connectivity index (χ4v) is 4.79. The molecule has 0 aromatic heterocycles. The number of nitrogens with zero attached hydrogens (tertiary/aromatic N) is 2. The van der Waals surface area contributed by atoms with Gasteiger partial charge in [-0.15, -0.1) is 0 Å². The minimum absolute atomic E-state index is 0.0392. The van der Waals surface area contributed by atoms with Crippen molar-refractivity contribution in [3.05, 3.63) is 29.8 Å². The molecule has 2 amide bonds. The van der Waals surface area contributed by atoms with E-state index in [1.165, 1.54) is 4.90 Å². The van der Waals surface area contributed by atoms with Crippen LogP contribution in [0.25, 0.3) is 0 Å². The third kappa shape index (κ3) is 8.92. The van der Waals surface area contributed by atoms with Gasteiger partial charge in [0.2, 0.25) is 21.8 Å². The summed E-state index contributed by atoms with van der Waals surface area (Å²) in [5.41, 5.74) is 6.80. The van der Waals surface area contributed by atoms with Gasteiger partial charge in [0.15, 0.2) is 0 Å². The van der Waals surface area contributed by atoms with Gasteiger partial charge in [0.05, 0.1) is 18.8 Å². The molecule has 0 spiro atoms. The van der Waals surface area contributed by atoms with Crippen LogP contribution in [0.15, 0.2) is 24.3 Å². The van der Waals surface area contributed by atoms with Gasteiger partial charge in [-0.25, -0.2) is 13.2 Å². The molecule has 5 N–H and O–H groups in total. The predicted molar refractivity (Wildman–Crippen MR) is 132 cm³/mol. The number of hydrogen-bond donors (Lipinski definition) is 4. The summed E-state index contributed by atoms with van der Waals surface area (Å²) < 4.78 is 31.1. The van der Waals surface area contributed by atoms with Crippen molar-refractivity contribution in [3.8, 4) is 0 Å². The Morgan fingerprint density at radius 1 is 1.19 bits per heavy atom. The zero-order chi connectivity index (χ0) is 26.9. The van der Waals surface area contributed by atoms with E-state index in [1.807, 2.05) is 11.8 Å². The van der Waals surface area contributed by atoms with Crippen molar-refractivity contribution in [2.75, 3.05) is 43.4 Å². The first-order valence-electron chi connectivity index (χ1n) is 11.4. The third-order valence-electron chi connectivity index (χ3n) is 5.32. The van der Waals surface area contributed by atoms with Gasteiger partial charge in [-0.3, -0.25) is 19.8 Å². The molecular weight excluding hydrogens is 492 g/mol. The predicted octanol–water partition coefficient (Wildman–Crippen LogP) is -1.09. The lowest BCUT2D eigenvalue weighted by Gasteiger charge is -2.35.